The van der Waals surface area contributed by atoms with Gasteiger partial charge in [0.15, 0.2) is 0 Å². The van der Waals surface area contributed by atoms with Gasteiger partial charge in [-0.15, -0.1) is 0 Å². The number of hydrogen-bond acceptors (Lipinski definition) is 2. The molecule has 1 aliphatic heterocycles. The van der Waals surface area contributed by atoms with Crippen molar-refractivity contribution in [3.8, 4) is 5.75 Å². The number of carbonyl (C=O) groups excluding carboxylic acids is 1. The van der Waals surface area contributed by atoms with Gasteiger partial charge in [-0.2, -0.15) is 0 Å². The van der Waals surface area contributed by atoms with E-state index in [1.54, 1.807) is 37.4 Å². The van der Waals surface area contributed by atoms with Crippen molar-refractivity contribution in [3.05, 3.63) is 71.0 Å². The number of nitrogens with zero attached hydrogens (tertiary/aromatic N) is 1. The van der Waals surface area contributed by atoms with Crippen molar-refractivity contribution in [3.63, 3.8) is 0 Å². The van der Waals surface area contributed by atoms with E-state index in [0.29, 0.717) is 18.7 Å². The van der Waals surface area contributed by atoms with Gasteiger partial charge in [0, 0.05) is 18.7 Å². The molecular weight excluding hydrogens is 305 g/mol. The van der Waals surface area contributed by atoms with Crippen molar-refractivity contribution < 1.29 is 13.9 Å². The van der Waals surface area contributed by atoms with Gasteiger partial charge in [-0.05, 0) is 54.8 Å². The van der Waals surface area contributed by atoms with Gasteiger partial charge >= 0.3 is 0 Å². The predicted octanol–water partition coefficient (Wildman–Crippen LogP) is 4.15. The summed E-state index contributed by atoms with van der Waals surface area (Å²) in [5, 5.41) is 0. The molecule has 0 bridgehead atoms. The van der Waals surface area contributed by atoms with Crippen molar-refractivity contribution in [2.75, 3.05) is 20.2 Å². The quantitative estimate of drug-likeness (QED) is 0.848. The van der Waals surface area contributed by atoms with E-state index in [9.17, 15) is 9.18 Å². The summed E-state index contributed by atoms with van der Waals surface area (Å²) >= 11 is 0. The molecule has 3 rings (SSSR count). The Bertz CT molecular complexity index is 742. The van der Waals surface area contributed by atoms with Crippen LogP contribution in [0.5, 0.6) is 5.75 Å². The van der Waals surface area contributed by atoms with Gasteiger partial charge in [-0.25, -0.2) is 4.39 Å². The van der Waals surface area contributed by atoms with E-state index in [1.807, 2.05) is 17.0 Å². The van der Waals surface area contributed by atoms with E-state index in [-0.39, 0.29) is 11.7 Å². The van der Waals surface area contributed by atoms with Gasteiger partial charge in [0.1, 0.15) is 11.6 Å². The molecule has 1 fully saturated rings. The van der Waals surface area contributed by atoms with Crippen LogP contribution >= 0.6 is 0 Å². The lowest BCUT2D eigenvalue weighted by Crippen LogP contribution is -2.36. The summed E-state index contributed by atoms with van der Waals surface area (Å²) in [4.78, 5) is 14.4. The van der Waals surface area contributed by atoms with E-state index in [2.05, 4.69) is 0 Å². The molecule has 0 unspecified atom stereocenters. The predicted molar refractivity (Wildman–Crippen MR) is 92.5 cm³/mol. The lowest BCUT2D eigenvalue weighted by Gasteiger charge is -2.28. The first-order chi connectivity index (χ1) is 11.7. The second-order valence-electron chi connectivity index (χ2n) is 5.88. The average Bonchev–Trinajstić information content (AvgIpc) is 2.62. The summed E-state index contributed by atoms with van der Waals surface area (Å²) < 4.78 is 18.4. The maximum absolute atomic E-state index is 13.2. The van der Waals surface area contributed by atoms with Crippen molar-refractivity contribution in [1.82, 2.24) is 4.90 Å². The summed E-state index contributed by atoms with van der Waals surface area (Å²) in [6.07, 6.45) is 3.66. The fourth-order valence-electron chi connectivity index (χ4n) is 2.89. The standard InChI is InChI=1S/C20H20FNO2/c1-24-19-7-5-17(6-8-19)20(23)22-11-9-15(10-12-22)13-16-3-2-4-18(21)14-16/h2-8,13-14H,9-12H2,1H3. The Morgan fingerprint density at radius 2 is 1.83 bits per heavy atom. The molecule has 0 spiro atoms. The van der Waals surface area contributed by atoms with Crippen LogP contribution in [0.2, 0.25) is 0 Å². The molecule has 1 aliphatic rings. The van der Waals surface area contributed by atoms with Crippen LogP contribution in [0.4, 0.5) is 4.39 Å². The molecular formula is C20H20FNO2. The summed E-state index contributed by atoms with van der Waals surface area (Å²) in [5.74, 6) is 0.560. The number of hydrogen-bond donors (Lipinski definition) is 0. The maximum atomic E-state index is 13.2. The minimum absolute atomic E-state index is 0.0439. The molecule has 2 aromatic carbocycles. The van der Waals surface area contributed by atoms with Gasteiger partial charge in [-0.1, -0.05) is 23.8 Å². The third kappa shape index (κ3) is 3.82. The van der Waals surface area contributed by atoms with E-state index < -0.39 is 0 Å². The van der Waals surface area contributed by atoms with Crippen molar-refractivity contribution in [2.24, 2.45) is 0 Å². The second-order valence-corrected chi connectivity index (χ2v) is 5.88. The molecule has 24 heavy (non-hydrogen) atoms. The smallest absolute Gasteiger partial charge is 0.253 e. The van der Waals surface area contributed by atoms with Crippen LogP contribution < -0.4 is 4.74 Å². The van der Waals surface area contributed by atoms with Gasteiger partial charge in [0.25, 0.3) is 5.91 Å². The summed E-state index contributed by atoms with van der Waals surface area (Å²) in [6, 6.07) is 13.8. The minimum Gasteiger partial charge on any atom is -0.497 e. The highest BCUT2D eigenvalue weighted by Gasteiger charge is 2.20. The van der Waals surface area contributed by atoms with Gasteiger partial charge < -0.3 is 9.64 Å². The zero-order valence-corrected chi connectivity index (χ0v) is 13.7. The normalized spacial score (nSPS) is 14.4. The first kappa shape index (κ1) is 16.2. The molecule has 2 aromatic rings. The van der Waals surface area contributed by atoms with Gasteiger partial charge in [-0.3, -0.25) is 4.79 Å². The first-order valence-corrected chi connectivity index (χ1v) is 8.04. The number of halogens is 1. The van der Waals surface area contributed by atoms with E-state index in [0.717, 1.165) is 24.2 Å². The highest BCUT2D eigenvalue weighted by atomic mass is 19.1. The molecule has 4 heteroatoms. The van der Waals surface area contributed by atoms with Crippen molar-refractivity contribution >= 4 is 12.0 Å². The lowest BCUT2D eigenvalue weighted by atomic mass is 10.00. The molecule has 124 valence electrons. The molecule has 0 radical (unpaired) electrons. The average molecular weight is 325 g/mol. The van der Waals surface area contributed by atoms with E-state index in [1.165, 1.54) is 17.7 Å². The Hall–Kier alpha value is -2.62. The molecule has 3 nitrogen and oxygen atoms in total. The second kappa shape index (κ2) is 7.30. The highest BCUT2D eigenvalue weighted by Crippen LogP contribution is 2.22. The van der Waals surface area contributed by atoms with Crippen LogP contribution in [-0.4, -0.2) is 31.0 Å². The number of ether oxygens (including phenoxy) is 1. The Morgan fingerprint density at radius 1 is 1.12 bits per heavy atom. The SMILES string of the molecule is COc1ccc(C(=O)N2CCC(=Cc3cccc(F)c3)CC2)cc1. The fourth-order valence-corrected chi connectivity index (χ4v) is 2.89. The summed E-state index contributed by atoms with van der Waals surface area (Å²) in [6.45, 7) is 1.37. The Labute approximate surface area is 141 Å². The van der Waals surface area contributed by atoms with Crippen molar-refractivity contribution in [1.29, 1.82) is 0 Å². The Kier molecular flexibility index (Phi) is 4.94. The molecule has 0 aromatic heterocycles. The first-order valence-electron chi connectivity index (χ1n) is 8.04. The van der Waals surface area contributed by atoms with Crippen LogP contribution in [-0.2, 0) is 0 Å². The fraction of sp³-hybridized carbons (Fsp3) is 0.250. The molecule has 0 atom stereocenters. The monoisotopic (exact) mass is 325 g/mol. The molecule has 1 amide bonds. The van der Waals surface area contributed by atoms with E-state index in [4.69, 9.17) is 4.74 Å². The molecule has 1 saturated heterocycles. The van der Waals surface area contributed by atoms with E-state index >= 15 is 0 Å². The topological polar surface area (TPSA) is 29.5 Å². The maximum Gasteiger partial charge on any atom is 0.253 e. The number of methoxy groups -OCH3 is 1. The third-order valence-electron chi connectivity index (χ3n) is 4.25. The van der Waals surface area contributed by atoms with Crippen LogP contribution in [0.25, 0.3) is 6.08 Å². The number of carbonyl (C=O) groups is 1. The molecule has 0 aliphatic carbocycles. The number of amides is 1. The summed E-state index contributed by atoms with van der Waals surface area (Å²) in [5.41, 5.74) is 2.80. The van der Waals surface area contributed by atoms with Crippen molar-refractivity contribution in [2.45, 2.75) is 12.8 Å². The Balaban J connectivity index is 1.62. The molecule has 1 heterocycles. The van der Waals surface area contributed by atoms with Gasteiger partial charge in [0.2, 0.25) is 0 Å². The number of rotatable bonds is 3. The van der Waals surface area contributed by atoms with Crippen LogP contribution in [0, 0.1) is 5.82 Å². The number of piperidine rings is 1. The highest BCUT2D eigenvalue weighted by molar-refractivity contribution is 5.94. The molecule has 0 N–H and O–H groups in total. The number of likely N-dealkylation sites (tertiary alicyclic amines) is 1. The largest absolute Gasteiger partial charge is 0.497 e. The minimum atomic E-state index is -0.225. The van der Waals surface area contributed by atoms with Crippen LogP contribution in [0.15, 0.2) is 54.1 Å². The lowest BCUT2D eigenvalue weighted by molar-refractivity contribution is 0.0744. The third-order valence-corrected chi connectivity index (χ3v) is 4.25. The number of benzene rings is 2. The van der Waals surface area contributed by atoms with Gasteiger partial charge in [0.05, 0.1) is 7.11 Å². The van der Waals surface area contributed by atoms with Crippen LogP contribution in [0.1, 0.15) is 28.8 Å². The van der Waals surface area contributed by atoms with Crippen LogP contribution in [0.3, 0.4) is 0 Å². The Morgan fingerprint density at radius 3 is 2.46 bits per heavy atom. The zero-order valence-electron chi connectivity index (χ0n) is 13.7. The molecule has 0 saturated carbocycles. The summed E-state index contributed by atoms with van der Waals surface area (Å²) in [7, 11) is 1.61. The zero-order chi connectivity index (χ0) is 16.9.